The molecule has 0 saturated carbocycles. The molecule has 0 fully saturated rings. The number of aromatic amines is 1. The largest absolute Gasteiger partial charge is 0.487 e. The average molecular weight is 356 g/mol. The lowest BCUT2D eigenvalue weighted by atomic mass is 10.1. The summed E-state index contributed by atoms with van der Waals surface area (Å²) in [6.07, 6.45) is 1.16. The quantitative estimate of drug-likeness (QED) is 0.645. The van der Waals surface area contributed by atoms with Crippen LogP contribution in [-0.2, 0) is 19.4 Å². The molecule has 0 bridgehead atoms. The highest BCUT2D eigenvalue weighted by Crippen LogP contribution is 2.26. The van der Waals surface area contributed by atoms with Gasteiger partial charge in [0.25, 0.3) is 5.56 Å². The smallest absolute Gasteiger partial charge is 0.256 e. The van der Waals surface area contributed by atoms with Crippen molar-refractivity contribution < 1.29 is 4.74 Å². The number of nitrogen functional groups attached to an aromatic ring is 1. The Balaban J connectivity index is 1.51. The molecule has 0 saturated heterocycles. The van der Waals surface area contributed by atoms with E-state index in [1.165, 1.54) is 11.3 Å². The summed E-state index contributed by atoms with van der Waals surface area (Å²) in [5, 5.41) is 12.1. The van der Waals surface area contributed by atoms with Gasteiger partial charge in [0.05, 0.1) is 5.69 Å². The number of ether oxygens (including phenoxy) is 1. The topological polar surface area (TPSA) is 119 Å². The summed E-state index contributed by atoms with van der Waals surface area (Å²) in [7, 11) is 0. The lowest BCUT2D eigenvalue weighted by molar-refractivity contribution is 0.302. The number of hydrogen-bond donors (Lipinski definition) is 3. The summed E-state index contributed by atoms with van der Waals surface area (Å²) in [6, 6.07) is 7.72. The summed E-state index contributed by atoms with van der Waals surface area (Å²) >= 11 is 1.35. The Hall–Kier alpha value is -2.94. The zero-order valence-corrected chi connectivity index (χ0v) is 14.1. The van der Waals surface area contributed by atoms with Crippen molar-refractivity contribution in [1.29, 1.82) is 0 Å². The number of para-hydroxylation sites is 1. The Morgan fingerprint density at radius 2 is 2.20 bits per heavy atom. The molecule has 9 heteroatoms. The highest BCUT2D eigenvalue weighted by atomic mass is 32.1. The van der Waals surface area contributed by atoms with Gasteiger partial charge in [0, 0.05) is 24.9 Å². The fraction of sp³-hybridized carbons (Fsp3) is 0.250. The molecule has 0 amide bonds. The summed E-state index contributed by atoms with van der Waals surface area (Å²) in [6.45, 7) is 0.843. The van der Waals surface area contributed by atoms with Crippen LogP contribution in [0.5, 0.6) is 5.75 Å². The first-order valence-corrected chi connectivity index (χ1v) is 8.65. The van der Waals surface area contributed by atoms with Gasteiger partial charge in [-0.25, -0.2) is 4.98 Å². The molecular formula is C16H16N6O2S. The number of hydrogen-bond acceptors (Lipinski definition) is 8. The molecule has 4 rings (SSSR count). The molecular weight excluding hydrogens is 340 g/mol. The van der Waals surface area contributed by atoms with Crippen LogP contribution in [0.3, 0.4) is 0 Å². The van der Waals surface area contributed by atoms with Gasteiger partial charge in [0.2, 0.25) is 11.1 Å². The molecule has 8 nitrogen and oxygen atoms in total. The lowest BCUT2D eigenvalue weighted by Crippen LogP contribution is -2.21. The lowest BCUT2D eigenvalue weighted by Gasteiger charge is -2.08. The summed E-state index contributed by atoms with van der Waals surface area (Å²) in [4.78, 5) is 19.8. The van der Waals surface area contributed by atoms with E-state index in [-0.39, 0.29) is 12.2 Å². The third-order valence-corrected chi connectivity index (χ3v) is 4.73. The van der Waals surface area contributed by atoms with Crippen LogP contribution in [0.4, 0.5) is 11.1 Å². The van der Waals surface area contributed by atoms with Crippen molar-refractivity contribution in [2.45, 2.75) is 19.4 Å². The maximum atomic E-state index is 12.5. The number of anilines is 2. The van der Waals surface area contributed by atoms with Crippen LogP contribution >= 0.6 is 11.3 Å². The van der Waals surface area contributed by atoms with Gasteiger partial charge in [-0.3, -0.25) is 9.78 Å². The van der Waals surface area contributed by atoms with Crippen LogP contribution < -0.4 is 21.3 Å². The normalized spacial score (nSPS) is 12.6. The molecule has 1 aliphatic heterocycles. The summed E-state index contributed by atoms with van der Waals surface area (Å²) in [5.41, 5.74) is 7.70. The standard InChI is InChI=1S/C16H16N6O2S/c17-15-22-21-13(25-15)5-6-18-16-19-11-8-24-12-4-2-1-3-9(12)7-10(11)14(23)20-16/h1-4H,5-8H2,(H2,17,22)(H2,18,19,20,23). The van der Waals surface area contributed by atoms with E-state index in [4.69, 9.17) is 10.5 Å². The van der Waals surface area contributed by atoms with Crippen molar-refractivity contribution in [3.63, 3.8) is 0 Å². The van der Waals surface area contributed by atoms with Crippen LogP contribution in [0.2, 0.25) is 0 Å². The number of aromatic nitrogens is 4. The van der Waals surface area contributed by atoms with Crippen molar-refractivity contribution in [3.05, 3.63) is 56.4 Å². The summed E-state index contributed by atoms with van der Waals surface area (Å²) in [5.74, 6) is 1.22. The minimum Gasteiger partial charge on any atom is -0.487 e. The number of fused-ring (bicyclic) bond motifs is 2. The van der Waals surface area contributed by atoms with Crippen molar-refractivity contribution in [1.82, 2.24) is 20.2 Å². The SMILES string of the molecule is Nc1nnc(CCNc2nc3c(c(=O)[nH]2)Cc2ccccc2OC3)s1. The second-order valence-electron chi connectivity index (χ2n) is 5.62. The molecule has 0 aliphatic carbocycles. The Kier molecular flexibility index (Phi) is 4.06. The van der Waals surface area contributed by atoms with E-state index < -0.39 is 0 Å². The van der Waals surface area contributed by atoms with Crippen molar-refractivity contribution in [3.8, 4) is 5.75 Å². The predicted octanol–water partition coefficient (Wildman–Crippen LogP) is 1.34. The fourth-order valence-electron chi connectivity index (χ4n) is 2.71. The van der Waals surface area contributed by atoms with Crippen LogP contribution in [0.25, 0.3) is 0 Å². The van der Waals surface area contributed by atoms with Crippen molar-refractivity contribution >= 4 is 22.4 Å². The molecule has 3 aromatic rings. The molecule has 1 aliphatic rings. The van der Waals surface area contributed by atoms with Gasteiger partial charge in [0.1, 0.15) is 17.4 Å². The van der Waals surface area contributed by atoms with Gasteiger partial charge in [-0.05, 0) is 11.6 Å². The van der Waals surface area contributed by atoms with Crippen LogP contribution in [0.15, 0.2) is 29.1 Å². The van der Waals surface area contributed by atoms with E-state index in [2.05, 4.69) is 25.5 Å². The molecule has 3 heterocycles. The number of nitrogens with one attached hydrogen (secondary N) is 2. The number of rotatable bonds is 4. The molecule has 0 unspecified atom stereocenters. The molecule has 128 valence electrons. The van der Waals surface area contributed by atoms with Gasteiger partial charge in [-0.1, -0.05) is 29.5 Å². The molecule has 0 atom stereocenters. The Morgan fingerprint density at radius 3 is 3.04 bits per heavy atom. The minimum absolute atomic E-state index is 0.145. The maximum Gasteiger partial charge on any atom is 0.256 e. The number of benzene rings is 1. The van der Waals surface area contributed by atoms with Gasteiger partial charge >= 0.3 is 0 Å². The Labute approximate surface area is 147 Å². The molecule has 4 N–H and O–H groups in total. The van der Waals surface area contributed by atoms with Crippen LogP contribution in [-0.4, -0.2) is 26.7 Å². The molecule has 1 aromatic carbocycles. The van der Waals surface area contributed by atoms with E-state index in [0.29, 0.717) is 41.7 Å². The van der Waals surface area contributed by atoms with E-state index in [1.54, 1.807) is 0 Å². The Morgan fingerprint density at radius 1 is 1.32 bits per heavy atom. The highest BCUT2D eigenvalue weighted by molar-refractivity contribution is 7.15. The monoisotopic (exact) mass is 356 g/mol. The molecule has 0 spiro atoms. The van der Waals surface area contributed by atoms with E-state index in [9.17, 15) is 4.79 Å². The molecule has 25 heavy (non-hydrogen) atoms. The molecule has 0 radical (unpaired) electrons. The highest BCUT2D eigenvalue weighted by Gasteiger charge is 2.18. The zero-order chi connectivity index (χ0) is 17.2. The first kappa shape index (κ1) is 15.6. The first-order valence-electron chi connectivity index (χ1n) is 7.83. The number of nitrogens with two attached hydrogens (primary N) is 1. The fourth-order valence-corrected chi connectivity index (χ4v) is 3.32. The van der Waals surface area contributed by atoms with E-state index >= 15 is 0 Å². The van der Waals surface area contributed by atoms with Gasteiger partial charge in [-0.15, -0.1) is 10.2 Å². The zero-order valence-electron chi connectivity index (χ0n) is 13.3. The molecule has 2 aromatic heterocycles. The third kappa shape index (κ3) is 3.31. The van der Waals surface area contributed by atoms with E-state index in [1.807, 2.05) is 24.3 Å². The second kappa shape index (κ2) is 6.52. The van der Waals surface area contributed by atoms with Gasteiger partial charge in [-0.2, -0.15) is 0 Å². The van der Waals surface area contributed by atoms with Crippen molar-refractivity contribution in [2.24, 2.45) is 0 Å². The third-order valence-electron chi connectivity index (χ3n) is 3.92. The van der Waals surface area contributed by atoms with Crippen LogP contribution in [0.1, 0.15) is 21.8 Å². The second-order valence-corrected chi connectivity index (χ2v) is 6.72. The maximum absolute atomic E-state index is 12.5. The number of H-pyrrole nitrogens is 1. The first-order chi connectivity index (χ1) is 12.2. The van der Waals surface area contributed by atoms with Gasteiger partial charge in [0.15, 0.2) is 0 Å². The number of nitrogens with zero attached hydrogens (tertiary/aromatic N) is 3. The van der Waals surface area contributed by atoms with E-state index in [0.717, 1.165) is 16.3 Å². The van der Waals surface area contributed by atoms with Crippen molar-refractivity contribution in [2.75, 3.05) is 17.6 Å². The average Bonchev–Trinajstić information content (AvgIpc) is 2.91. The Bertz CT molecular complexity index is 967. The summed E-state index contributed by atoms with van der Waals surface area (Å²) < 4.78 is 5.79. The van der Waals surface area contributed by atoms with Gasteiger partial charge < -0.3 is 15.8 Å². The predicted molar refractivity (Wildman–Crippen MR) is 95.0 cm³/mol. The minimum atomic E-state index is -0.145. The van der Waals surface area contributed by atoms with Crippen LogP contribution in [0, 0.1) is 0 Å².